The predicted molar refractivity (Wildman–Crippen MR) is 110 cm³/mol. The van der Waals surface area contributed by atoms with E-state index in [1.807, 2.05) is 0 Å². The number of carbonyl (C=O) groups is 2. The zero-order chi connectivity index (χ0) is 21.4. The summed E-state index contributed by atoms with van der Waals surface area (Å²) in [6, 6.07) is 10.3. The molecular formula is C21H24ClNO6. The first-order chi connectivity index (χ1) is 13.9. The van der Waals surface area contributed by atoms with Crippen molar-refractivity contribution >= 4 is 29.2 Å². The Morgan fingerprint density at radius 1 is 1.03 bits per heavy atom. The molecule has 1 amide bonds. The lowest BCUT2D eigenvalue weighted by Crippen LogP contribution is -2.30. The number of halogens is 1. The first kappa shape index (κ1) is 22.4. The zero-order valence-electron chi connectivity index (χ0n) is 16.8. The van der Waals surface area contributed by atoms with Gasteiger partial charge in [-0.3, -0.25) is 9.59 Å². The van der Waals surface area contributed by atoms with E-state index < -0.39 is 18.0 Å². The van der Waals surface area contributed by atoms with Crippen LogP contribution in [0, 0.1) is 0 Å². The molecule has 2 rings (SSSR count). The number of ether oxygens (including phenoxy) is 4. The minimum Gasteiger partial charge on any atom is -0.493 e. The highest BCUT2D eigenvalue weighted by Crippen LogP contribution is 2.38. The first-order valence-corrected chi connectivity index (χ1v) is 9.30. The quantitative estimate of drug-likeness (QED) is 0.619. The Hall–Kier alpha value is -2.93. The number of methoxy groups -OCH3 is 3. The summed E-state index contributed by atoms with van der Waals surface area (Å²) in [7, 11) is 4.57. The number of rotatable bonds is 9. The van der Waals surface area contributed by atoms with Gasteiger partial charge in [-0.25, -0.2) is 0 Å². The average Bonchev–Trinajstić information content (AvgIpc) is 2.71. The SMILES string of the molecule is COc1cc(CCC(=O)O[C@@H](C)C(=O)Nc2cccc(Cl)c2)cc(OC)c1OC. The summed E-state index contributed by atoms with van der Waals surface area (Å²) in [6.07, 6.45) is -0.465. The maximum absolute atomic E-state index is 12.2. The Balaban J connectivity index is 1.93. The molecule has 0 aliphatic heterocycles. The number of hydrogen-bond donors (Lipinski definition) is 1. The number of benzene rings is 2. The summed E-state index contributed by atoms with van der Waals surface area (Å²) in [5.74, 6) is 0.558. The Morgan fingerprint density at radius 3 is 2.24 bits per heavy atom. The average molecular weight is 422 g/mol. The van der Waals surface area contributed by atoms with Crippen LogP contribution in [0.1, 0.15) is 18.9 Å². The minimum absolute atomic E-state index is 0.0907. The number of nitrogens with one attached hydrogen (secondary N) is 1. The van der Waals surface area contributed by atoms with Gasteiger partial charge in [-0.05, 0) is 49.2 Å². The summed E-state index contributed by atoms with van der Waals surface area (Å²) < 4.78 is 21.1. The van der Waals surface area contributed by atoms with E-state index in [9.17, 15) is 9.59 Å². The second-order valence-electron chi connectivity index (χ2n) is 6.17. The van der Waals surface area contributed by atoms with Crippen LogP contribution in [-0.4, -0.2) is 39.3 Å². The maximum Gasteiger partial charge on any atom is 0.306 e. The van der Waals surface area contributed by atoms with Gasteiger partial charge >= 0.3 is 5.97 Å². The van der Waals surface area contributed by atoms with Crippen LogP contribution in [0.3, 0.4) is 0 Å². The van der Waals surface area contributed by atoms with Crippen LogP contribution in [0.15, 0.2) is 36.4 Å². The van der Waals surface area contributed by atoms with Crippen molar-refractivity contribution in [2.45, 2.75) is 25.9 Å². The van der Waals surface area contributed by atoms with Crippen molar-refractivity contribution in [1.82, 2.24) is 0 Å². The van der Waals surface area contributed by atoms with Gasteiger partial charge in [0, 0.05) is 17.1 Å². The van der Waals surface area contributed by atoms with Crippen molar-refractivity contribution in [2.75, 3.05) is 26.6 Å². The molecule has 1 N–H and O–H groups in total. The molecule has 0 fully saturated rings. The number of aryl methyl sites for hydroxylation is 1. The highest BCUT2D eigenvalue weighted by Gasteiger charge is 2.19. The van der Waals surface area contributed by atoms with Crippen molar-refractivity contribution in [1.29, 1.82) is 0 Å². The van der Waals surface area contributed by atoms with Gasteiger partial charge in [-0.15, -0.1) is 0 Å². The van der Waals surface area contributed by atoms with E-state index in [-0.39, 0.29) is 6.42 Å². The summed E-state index contributed by atoms with van der Waals surface area (Å²) in [5, 5.41) is 3.15. The maximum atomic E-state index is 12.2. The van der Waals surface area contributed by atoms with Gasteiger partial charge in [-0.1, -0.05) is 17.7 Å². The van der Waals surface area contributed by atoms with Crippen molar-refractivity contribution < 1.29 is 28.5 Å². The van der Waals surface area contributed by atoms with Crippen molar-refractivity contribution in [3.05, 3.63) is 47.0 Å². The van der Waals surface area contributed by atoms with Crippen LogP contribution in [0.4, 0.5) is 5.69 Å². The second-order valence-corrected chi connectivity index (χ2v) is 6.60. The third-order valence-electron chi connectivity index (χ3n) is 4.11. The summed E-state index contributed by atoms with van der Waals surface area (Å²) in [5.41, 5.74) is 1.34. The largest absolute Gasteiger partial charge is 0.493 e. The molecule has 8 heteroatoms. The van der Waals surface area contributed by atoms with Gasteiger partial charge in [0.05, 0.1) is 21.3 Å². The molecule has 0 aliphatic rings. The van der Waals surface area contributed by atoms with Crippen LogP contribution in [0.2, 0.25) is 5.02 Å². The Labute approximate surface area is 174 Å². The number of hydrogen-bond acceptors (Lipinski definition) is 6. The molecule has 7 nitrogen and oxygen atoms in total. The molecule has 0 aromatic heterocycles. The van der Waals surface area contributed by atoms with Gasteiger partial charge in [-0.2, -0.15) is 0 Å². The Bertz CT molecular complexity index is 845. The van der Waals surface area contributed by atoms with Crippen LogP contribution in [0.5, 0.6) is 17.2 Å². The van der Waals surface area contributed by atoms with Crippen molar-refractivity contribution in [2.24, 2.45) is 0 Å². The fourth-order valence-corrected chi connectivity index (χ4v) is 2.84. The van der Waals surface area contributed by atoms with Gasteiger partial charge < -0.3 is 24.3 Å². The fourth-order valence-electron chi connectivity index (χ4n) is 2.65. The summed E-state index contributed by atoms with van der Waals surface area (Å²) in [4.78, 5) is 24.4. The normalized spacial score (nSPS) is 11.3. The number of carbonyl (C=O) groups excluding carboxylic acids is 2. The first-order valence-electron chi connectivity index (χ1n) is 8.92. The van der Waals surface area contributed by atoms with E-state index >= 15 is 0 Å². The second kappa shape index (κ2) is 10.6. The van der Waals surface area contributed by atoms with E-state index in [0.717, 1.165) is 5.56 Å². The highest BCUT2D eigenvalue weighted by molar-refractivity contribution is 6.30. The third-order valence-corrected chi connectivity index (χ3v) is 4.35. The van der Waals surface area contributed by atoms with E-state index in [2.05, 4.69) is 5.32 Å². The molecule has 0 bridgehead atoms. The molecule has 156 valence electrons. The monoisotopic (exact) mass is 421 g/mol. The molecule has 2 aromatic carbocycles. The molecular weight excluding hydrogens is 398 g/mol. The molecule has 0 saturated heterocycles. The van der Waals surface area contributed by atoms with Gasteiger partial charge in [0.2, 0.25) is 5.75 Å². The predicted octanol–water partition coefficient (Wildman–Crippen LogP) is 3.87. The smallest absolute Gasteiger partial charge is 0.306 e. The fraction of sp³-hybridized carbons (Fsp3) is 0.333. The van der Waals surface area contributed by atoms with E-state index in [0.29, 0.717) is 34.4 Å². The van der Waals surface area contributed by atoms with Crippen molar-refractivity contribution in [3.63, 3.8) is 0 Å². The summed E-state index contributed by atoms with van der Waals surface area (Å²) >= 11 is 5.89. The molecule has 0 aliphatic carbocycles. The lowest BCUT2D eigenvalue weighted by Gasteiger charge is -2.15. The van der Waals surface area contributed by atoms with E-state index in [1.54, 1.807) is 36.4 Å². The molecule has 0 saturated carbocycles. The molecule has 0 unspecified atom stereocenters. The highest BCUT2D eigenvalue weighted by atomic mass is 35.5. The molecule has 0 spiro atoms. The van der Waals surface area contributed by atoms with Crippen LogP contribution in [-0.2, 0) is 20.7 Å². The Morgan fingerprint density at radius 2 is 1.69 bits per heavy atom. The lowest BCUT2D eigenvalue weighted by molar-refractivity contribution is -0.153. The number of amides is 1. The molecule has 2 aromatic rings. The van der Waals surface area contributed by atoms with Gasteiger partial charge in [0.1, 0.15) is 0 Å². The van der Waals surface area contributed by atoms with E-state index in [1.165, 1.54) is 28.3 Å². The summed E-state index contributed by atoms with van der Waals surface area (Å²) in [6.45, 7) is 1.51. The van der Waals surface area contributed by atoms with Crippen LogP contribution < -0.4 is 19.5 Å². The standard InChI is InChI=1S/C21H24ClNO6/c1-13(21(25)23-16-7-5-6-15(22)12-16)29-19(24)9-8-14-10-17(26-2)20(28-4)18(11-14)27-3/h5-7,10-13H,8-9H2,1-4H3,(H,23,25)/t13-/m0/s1. The topological polar surface area (TPSA) is 83.1 Å². The van der Waals surface area contributed by atoms with Gasteiger partial charge in [0.25, 0.3) is 5.91 Å². The zero-order valence-corrected chi connectivity index (χ0v) is 17.5. The van der Waals surface area contributed by atoms with E-state index in [4.69, 9.17) is 30.5 Å². The third kappa shape index (κ3) is 6.29. The number of esters is 1. The van der Waals surface area contributed by atoms with Crippen molar-refractivity contribution in [3.8, 4) is 17.2 Å². The molecule has 1 atom stereocenters. The van der Waals surface area contributed by atoms with Crippen LogP contribution in [0.25, 0.3) is 0 Å². The van der Waals surface area contributed by atoms with Gasteiger partial charge in [0.15, 0.2) is 17.6 Å². The molecule has 0 radical (unpaired) electrons. The molecule has 29 heavy (non-hydrogen) atoms. The minimum atomic E-state index is -0.943. The number of anilines is 1. The van der Waals surface area contributed by atoms with Crippen LogP contribution >= 0.6 is 11.6 Å². The lowest BCUT2D eigenvalue weighted by atomic mass is 10.1. The molecule has 0 heterocycles. The Kier molecular flexibility index (Phi) is 8.15.